The largest absolute Gasteiger partial charge is 0.407 e. The van der Waals surface area contributed by atoms with Crippen molar-refractivity contribution in [3.63, 3.8) is 0 Å². The summed E-state index contributed by atoms with van der Waals surface area (Å²) in [6.45, 7) is 7.24. The van der Waals surface area contributed by atoms with Gasteiger partial charge in [-0.1, -0.05) is 81.4 Å². The summed E-state index contributed by atoms with van der Waals surface area (Å²) in [5.74, 6) is -0.138. The van der Waals surface area contributed by atoms with Gasteiger partial charge in [0, 0.05) is 31.6 Å². The average molecular weight is 456 g/mol. The van der Waals surface area contributed by atoms with Crippen molar-refractivity contribution in [2.45, 2.75) is 32.2 Å². The fourth-order valence-corrected chi connectivity index (χ4v) is 8.98. The van der Waals surface area contributed by atoms with Crippen LogP contribution < -0.4 is 10.4 Å². The van der Waals surface area contributed by atoms with Crippen molar-refractivity contribution in [1.82, 2.24) is 14.5 Å². The summed E-state index contributed by atoms with van der Waals surface area (Å²) in [4.78, 5) is 21.4. The van der Waals surface area contributed by atoms with Crippen molar-refractivity contribution in [1.29, 1.82) is 0 Å². The molecule has 0 aliphatic carbocycles. The highest BCUT2D eigenvalue weighted by atomic mass is 28.4. The molecule has 5 nitrogen and oxygen atoms in total. The van der Waals surface area contributed by atoms with Gasteiger partial charge in [0.05, 0.1) is 11.3 Å². The Kier molecular flexibility index (Phi) is 6.67. The molecule has 0 atom stereocenters. The molecule has 2 aromatic carbocycles. The first-order chi connectivity index (χ1) is 15.9. The summed E-state index contributed by atoms with van der Waals surface area (Å²) >= 11 is 0. The fourth-order valence-electron chi connectivity index (χ4n) is 4.41. The van der Waals surface area contributed by atoms with Crippen molar-refractivity contribution >= 4 is 24.6 Å². The maximum absolute atomic E-state index is 12.9. The van der Waals surface area contributed by atoms with Gasteiger partial charge in [0.1, 0.15) is 6.33 Å². The van der Waals surface area contributed by atoms with Crippen molar-refractivity contribution < 1.29 is 9.22 Å². The molecule has 0 bridgehead atoms. The number of pyridine rings is 1. The maximum Gasteiger partial charge on any atom is 0.264 e. The van der Waals surface area contributed by atoms with E-state index in [4.69, 9.17) is 4.43 Å². The Morgan fingerprint density at radius 2 is 1.55 bits per heavy atom. The molecule has 0 spiro atoms. The van der Waals surface area contributed by atoms with Crippen molar-refractivity contribution in [2.24, 2.45) is 0 Å². The molecule has 0 saturated carbocycles. The molecular formula is C27H29N3O2Si. The SMILES string of the molecule is CC(C)(C)[Si](OCCc1ncccc1C(=O)n1ccnc1)(c1ccccc1)c1ccccc1. The first-order valence-electron chi connectivity index (χ1n) is 11.1. The van der Waals surface area contributed by atoms with Gasteiger partial charge < -0.3 is 4.43 Å². The molecule has 4 aromatic rings. The minimum Gasteiger partial charge on any atom is -0.407 e. The van der Waals surface area contributed by atoms with Crippen LogP contribution in [0.2, 0.25) is 5.04 Å². The summed E-state index contributed by atoms with van der Waals surface area (Å²) < 4.78 is 8.44. The normalized spacial score (nSPS) is 12.0. The lowest BCUT2D eigenvalue weighted by atomic mass is 10.1. The van der Waals surface area contributed by atoms with E-state index in [2.05, 4.69) is 79.3 Å². The summed E-state index contributed by atoms with van der Waals surface area (Å²) in [6, 6.07) is 24.7. The van der Waals surface area contributed by atoms with Gasteiger partial charge in [0.15, 0.2) is 0 Å². The van der Waals surface area contributed by atoms with E-state index in [1.807, 2.05) is 18.2 Å². The zero-order chi connectivity index (χ0) is 23.3. The molecule has 0 aliphatic heterocycles. The molecule has 168 valence electrons. The number of aromatic nitrogens is 3. The minimum absolute atomic E-state index is 0.102. The average Bonchev–Trinajstić information content (AvgIpc) is 3.37. The smallest absolute Gasteiger partial charge is 0.264 e. The molecule has 0 fully saturated rings. The number of carbonyl (C=O) groups is 1. The van der Waals surface area contributed by atoms with Crippen molar-refractivity contribution in [3.05, 3.63) is 109 Å². The molecule has 0 aliphatic rings. The molecule has 4 rings (SSSR count). The van der Waals surface area contributed by atoms with Gasteiger partial charge in [0.25, 0.3) is 14.2 Å². The molecule has 0 saturated heterocycles. The standard InChI is InChI=1S/C27H29N3O2Si/c1-27(2,3)33(22-11-6-4-7-12-22,23-13-8-5-9-14-23)32-20-16-25-24(15-10-17-29-25)26(31)30-19-18-28-21-30/h4-15,17-19,21H,16,20H2,1-3H3. The monoisotopic (exact) mass is 455 g/mol. The lowest BCUT2D eigenvalue weighted by Crippen LogP contribution is -2.66. The number of hydrogen-bond acceptors (Lipinski definition) is 4. The third-order valence-corrected chi connectivity index (χ3v) is 11.0. The molecule has 33 heavy (non-hydrogen) atoms. The number of carbonyl (C=O) groups excluding carboxylic acids is 1. The molecule has 0 unspecified atom stereocenters. The van der Waals surface area contributed by atoms with E-state index in [0.29, 0.717) is 18.6 Å². The van der Waals surface area contributed by atoms with Crippen LogP contribution >= 0.6 is 0 Å². The Morgan fingerprint density at radius 1 is 0.909 bits per heavy atom. The van der Waals surface area contributed by atoms with Gasteiger partial charge in [-0.15, -0.1) is 0 Å². The Labute approximate surface area is 196 Å². The van der Waals surface area contributed by atoms with Crippen LogP contribution in [-0.2, 0) is 10.8 Å². The van der Waals surface area contributed by atoms with E-state index in [0.717, 1.165) is 5.69 Å². The third kappa shape index (κ3) is 4.58. The third-order valence-electron chi connectivity index (χ3n) is 5.93. The maximum atomic E-state index is 12.9. The zero-order valence-electron chi connectivity index (χ0n) is 19.3. The van der Waals surface area contributed by atoms with Gasteiger partial charge in [-0.3, -0.25) is 14.3 Å². The van der Waals surface area contributed by atoms with Crippen LogP contribution in [0, 0.1) is 0 Å². The van der Waals surface area contributed by atoms with Gasteiger partial charge >= 0.3 is 0 Å². The van der Waals surface area contributed by atoms with Crippen LogP contribution in [0.5, 0.6) is 0 Å². The Bertz CT molecular complexity index is 1150. The van der Waals surface area contributed by atoms with E-state index in [9.17, 15) is 4.79 Å². The molecule has 0 amide bonds. The summed E-state index contributed by atoms with van der Waals surface area (Å²) in [5.41, 5.74) is 1.30. The lowest BCUT2D eigenvalue weighted by molar-refractivity contribution is 0.0958. The van der Waals surface area contributed by atoms with Gasteiger partial charge in [-0.05, 0) is 27.5 Å². The van der Waals surface area contributed by atoms with E-state index >= 15 is 0 Å². The minimum atomic E-state index is -2.63. The molecule has 6 heteroatoms. The molecule has 2 aromatic heterocycles. The van der Waals surface area contributed by atoms with Gasteiger partial charge in [-0.25, -0.2) is 4.98 Å². The van der Waals surface area contributed by atoms with Crippen LogP contribution in [0.1, 0.15) is 36.8 Å². The second-order valence-electron chi connectivity index (χ2n) is 9.03. The van der Waals surface area contributed by atoms with Crippen LogP contribution in [0.25, 0.3) is 0 Å². The van der Waals surface area contributed by atoms with Crippen LogP contribution in [0.3, 0.4) is 0 Å². The summed E-state index contributed by atoms with van der Waals surface area (Å²) in [5, 5.41) is 2.37. The number of benzene rings is 2. The predicted octanol–water partition coefficient (Wildman–Crippen LogP) is 4.09. The number of rotatable bonds is 7. The highest BCUT2D eigenvalue weighted by Crippen LogP contribution is 2.36. The summed E-state index contributed by atoms with van der Waals surface area (Å²) in [6.07, 6.45) is 7.03. The molecular weight excluding hydrogens is 426 g/mol. The fraction of sp³-hybridized carbons (Fsp3) is 0.222. The van der Waals surface area contributed by atoms with E-state index < -0.39 is 8.32 Å². The molecule has 2 heterocycles. The van der Waals surface area contributed by atoms with E-state index in [-0.39, 0.29) is 10.9 Å². The zero-order valence-corrected chi connectivity index (χ0v) is 20.3. The predicted molar refractivity (Wildman–Crippen MR) is 133 cm³/mol. The Hall–Kier alpha value is -3.35. The van der Waals surface area contributed by atoms with Crippen LogP contribution in [-0.4, -0.2) is 35.4 Å². The lowest BCUT2D eigenvalue weighted by Gasteiger charge is -2.43. The van der Waals surface area contributed by atoms with Crippen molar-refractivity contribution in [3.8, 4) is 0 Å². The Balaban J connectivity index is 1.67. The van der Waals surface area contributed by atoms with E-state index in [1.165, 1.54) is 21.3 Å². The number of nitrogens with zero attached hydrogens (tertiary/aromatic N) is 3. The molecule has 0 radical (unpaired) electrons. The summed E-state index contributed by atoms with van der Waals surface area (Å²) in [7, 11) is -2.63. The second kappa shape index (κ2) is 9.64. The van der Waals surface area contributed by atoms with Crippen LogP contribution in [0.15, 0.2) is 97.7 Å². The number of hydrogen-bond donors (Lipinski definition) is 0. The topological polar surface area (TPSA) is 57.0 Å². The van der Waals surface area contributed by atoms with Crippen molar-refractivity contribution in [2.75, 3.05) is 6.61 Å². The van der Waals surface area contributed by atoms with Crippen LogP contribution in [0.4, 0.5) is 0 Å². The van der Waals surface area contributed by atoms with E-state index in [1.54, 1.807) is 24.7 Å². The first kappa shape index (κ1) is 22.8. The van der Waals surface area contributed by atoms with Gasteiger partial charge in [0.2, 0.25) is 0 Å². The molecule has 0 N–H and O–H groups in total. The Morgan fingerprint density at radius 3 is 2.09 bits per heavy atom. The highest BCUT2D eigenvalue weighted by Gasteiger charge is 2.50. The first-order valence-corrected chi connectivity index (χ1v) is 13.1. The van der Waals surface area contributed by atoms with Gasteiger partial charge in [-0.2, -0.15) is 0 Å². The number of imidazole rings is 1. The quantitative estimate of drug-likeness (QED) is 0.394. The highest BCUT2D eigenvalue weighted by molar-refractivity contribution is 6.99. The second-order valence-corrected chi connectivity index (χ2v) is 13.3.